The number of amides is 1. The van der Waals surface area contributed by atoms with E-state index in [1.807, 2.05) is 4.57 Å². The molecule has 1 amide bonds. The lowest BCUT2D eigenvalue weighted by Gasteiger charge is -2.51. The van der Waals surface area contributed by atoms with E-state index in [1.54, 1.807) is 20.2 Å². The largest absolute Gasteiger partial charge is 0.414 e. The average Bonchev–Trinajstić information content (AvgIpc) is 3.43. The molecule has 0 radical (unpaired) electrons. The number of hydrogen-bond donors (Lipinski definition) is 1. The molecule has 0 spiro atoms. The molecule has 2 aromatic heterocycles. The van der Waals surface area contributed by atoms with E-state index in [4.69, 9.17) is 33.7 Å². The molecule has 1 N–H and O–H groups in total. The van der Waals surface area contributed by atoms with Crippen molar-refractivity contribution in [2.45, 2.75) is 136 Å². The van der Waals surface area contributed by atoms with Crippen LogP contribution >= 0.6 is 11.6 Å². The van der Waals surface area contributed by atoms with Gasteiger partial charge in [-0.3, -0.25) is 14.7 Å². The van der Waals surface area contributed by atoms with Gasteiger partial charge in [-0.15, -0.1) is 0 Å². The number of nitrogens with zero attached hydrogens (tertiary/aromatic N) is 4. The van der Waals surface area contributed by atoms with E-state index in [1.165, 1.54) is 0 Å². The zero-order valence-corrected chi connectivity index (χ0v) is 32.4. The van der Waals surface area contributed by atoms with Crippen molar-refractivity contribution in [2.75, 3.05) is 11.9 Å². The fourth-order valence-electron chi connectivity index (χ4n) is 6.26. The van der Waals surface area contributed by atoms with E-state index in [0.717, 1.165) is 0 Å². The summed E-state index contributed by atoms with van der Waals surface area (Å²) in [6, 6.07) is 0. The van der Waals surface area contributed by atoms with E-state index in [0.29, 0.717) is 17.8 Å². The number of rotatable bonds is 9. The van der Waals surface area contributed by atoms with Gasteiger partial charge >= 0.3 is 17.1 Å². The van der Waals surface area contributed by atoms with Gasteiger partial charge in [-0.05, 0) is 41.8 Å². The van der Waals surface area contributed by atoms with E-state index < -0.39 is 50.0 Å². The van der Waals surface area contributed by atoms with Crippen LogP contribution in [0.2, 0.25) is 47.0 Å². The molecule has 248 valence electrons. The standard InChI is InChI=1S/C29H52ClN5O6Si3/c1-16(2)27(36)34-29-32-25(30)22-26(33-29)35(15-31-22)28-24(39-42(11,12)13)23-21(38-28)14-37-43(17(3)4,18(5)6)41-44(40-23,19(7)8)20(9)10/h15-21,23-24,28H,14H2,1-13H3,(H,32,33,34,36)/t21-,23-,24-,28-/m1/s1. The van der Waals surface area contributed by atoms with Crippen LogP contribution in [-0.2, 0) is 26.9 Å². The van der Waals surface area contributed by atoms with Gasteiger partial charge in [0.25, 0.3) is 0 Å². The molecule has 0 saturated carbocycles. The lowest BCUT2D eigenvalue weighted by molar-refractivity contribution is -0.118. The molecule has 11 nitrogen and oxygen atoms in total. The summed E-state index contributed by atoms with van der Waals surface area (Å²) >= 11 is 6.56. The SMILES string of the molecule is CC(C)C(=O)Nc1nc(Cl)c2ncn([C@@H]3O[C@@H]4CO[Si](C(C)C)(C(C)C)O[Si](C(C)C)(C(C)C)O[C@H]4[C@H]3O[Si](C)(C)C)c2n1. The van der Waals surface area contributed by atoms with Gasteiger partial charge in [-0.1, -0.05) is 80.8 Å². The van der Waals surface area contributed by atoms with Crippen LogP contribution in [-0.4, -0.2) is 75.8 Å². The third kappa shape index (κ3) is 6.74. The van der Waals surface area contributed by atoms with Crippen molar-refractivity contribution < 1.29 is 26.9 Å². The second-order valence-electron chi connectivity index (χ2n) is 14.6. The zero-order chi connectivity index (χ0) is 32.9. The van der Waals surface area contributed by atoms with Gasteiger partial charge in [-0.25, -0.2) is 4.98 Å². The summed E-state index contributed by atoms with van der Waals surface area (Å²) in [5.41, 5.74) is 1.60. The summed E-state index contributed by atoms with van der Waals surface area (Å²) in [4.78, 5) is 26.0. The van der Waals surface area contributed by atoms with Gasteiger partial charge in [0.05, 0.1) is 12.9 Å². The molecule has 0 aliphatic carbocycles. The Balaban J connectivity index is 1.86. The van der Waals surface area contributed by atoms with E-state index >= 15 is 0 Å². The maximum atomic E-state index is 12.5. The van der Waals surface area contributed by atoms with Crippen molar-refractivity contribution in [3.05, 3.63) is 11.5 Å². The van der Waals surface area contributed by atoms with Crippen molar-refractivity contribution in [1.82, 2.24) is 19.5 Å². The van der Waals surface area contributed by atoms with Gasteiger partial charge < -0.3 is 22.1 Å². The Bertz CT molecular complexity index is 1320. The number of hydrogen-bond acceptors (Lipinski definition) is 9. The number of carbonyl (C=O) groups is 1. The van der Waals surface area contributed by atoms with Crippen LogP contribution in [0, 0.1) is 5.92 Å². The molecule has 44 heavy (non-hydrogen) atoms. The first-order valence-electron chi connectivity index (χ1n) is 15.9. The molecule has 4 atom stereocenters. The quantitative estimate of drug-likeness (QED) is 0.217. The maximum absolute atomic E-state index is 12.5. The lowest BCUT2D eigenvalue weighted by Crippen LogP contribution is -2.66. The Morgan fingerprint density at radius 2 is 1.59 bits per heavy atom. The normalized spacial score (nSPS) is 25.7. The minimum atomic E-state index is -2.93. The van der Waals surface area contributed by atoms with Gasteiger partial charge in [-0.2, -0.15) is 9.97 Å². The highest BCUT2D eigenvalue weighted by Gasteiger charge is 2.62. The monoisotopic (exact) mass is 685 g/mol. The van der Waals surface area contributed by atoms with Crippen LogP contribution in [0.5, 0.6) is 0 Å². The van der Waals surface area contributed by atoms with Crippen LogP contribution in [0.15, 0.2) is 6.33 Å². The average molecular weight is 686 g/mol. The smallest absolute Gasteiger partial charge is 0.335 e. The molecule has 0 bridgehead atoms. The molecule has 4 heterocycles. The highest BCUT2D eigenvalue weighted by Crippen LogP contribution is 2.49. The summed E-state index contributed by atoms with van der Waals surface area (Å²) in [6.45, 7) is 28.1. The molecule has 2 fully saturated rings. The van der Waals surface area contributed by atoms with Crippen LogP contribution in [0.1, 0.15) is 75.5 Å². The van der Waals surface area contributed by atoms with Crippen LogP contribution in [0.4, 0.5) is 5.95 Å². The number of carbonyl (C=O) groups excluding carboxylic acids is 1. The summed E-state index contributed by atoms with van der Waals surface area (Å²) in [6.07, 6.45) is -0.325. The van der Waals surface area contributed by atoms with E-state index in [9.17, 15) is 4.79 Å². The van der Waals surface area contributed by atoms with Crippen molar-refractivity contribution in [3.63, 3.8) is 0 Å². The number of imidazole rings is 1. The Kier molecular flexibility index (Phi) is 10.6. The lowest BCUT2D eigenvalue weighted by atomic mass is 10.1. The van der Waals surface area contributed by atoms with Crippen molar-refractivity contribution in [3.8, 4) is 0 Å². The molecule has 15 heteroatoms. The fourth-order valence-corrected chi connectivity index (χ4v) is 18.7. The van der Waals surface area contributed by atoms with Crippen molar-refractivity contribution in [1.29, 1.82) is 0 Å². The maximum Gasteiger partial charge on any atom is 0.335 e. The number of anilines is 1. The first kappa shape index (κ1) is 35.6. The predicted molar refractivity (Wildman–Crippen MR) is 180 cm³/mol. The number of halogens is 1. The second kappa shape index (κ2) is 13.1. The first-order chi connectivity index (χ1) is 20.3. The molecule has 4 rings (SSSR count). The predicted octanol–water partition coefficient (Wildman–Crippen LogP) is 7.15. The number of aromatic nitrogens is 4. The molecule has 2 saturated heterocycles. The molecule has 2 aliphatic rings. The minimum Gasteiger partial charge on any atom is -0.414 e. The van der Waals surface area contributed by atoms with Gasteiger partial charge in [0.15, 0.2) is 25.3 Å². The zero-order valence-electron chi connectivity index (χ0n) is 28.6. The Labute approximate surface area is 270 Å². The topological polar surface area (TPSA) is 119 Å². The van der Waals surface area contributed by atoms with Crippen molar-refractivity contribution >= 4 is 60.1 Å². The summed E-state index contributed by atoms with van der Waals surface area (Å²) < 4.78 is 37.4. The molecular formula is C29H52ClN5O6Si3. The van der Waals surface area contributed by atoms with Gasteiger partial charge in [0.2, 0.25) is 11.9 Å². The van der Waals surface area contributed by atoms with E-state index in [-0.39, 0.29) is 45.1 Å². The molecule has 0 aromatic carbocycles. The summed E-state index contributed by atoms with van der Waals surface area (Å²) in [5.74, 6) is -0.350. The third-order valence-electron chi connectivity index (χ3n) is 8.52. The number of ether oxygens (including phenoxy) is 1. The van der Waals surface area contributed by atoms with Crippen LogP contribution in [0.25, 0.3) is 11.2 Å². The number of nitrogens with one attached hydrogen (secondary N) is 1. The highest BCUT2D eigenvalue weighted by molar-refractivity contribution is 6.84. The highest BCUT2D eigenvalue weighted by atomic mass is 35.5. The van der Waals surface area contributed by atoms with Crippen molar-refractivity contribution in [2.24, 2.45) is 5.92 Å². The Hall–Kier alpha value is -1.24. The van der Waals surface area contributed by atoms with E-state index in [2.05, 4.69) is 95.3 Å². The van der Waals surface area contributed by atoms with Gasteiger partial charge in [0.1, 0.15) is 23.8 Å². The molecule has 0 unspecified atom stereocenters. The minimum absolute atomic E-state index is 0.110. The van der Waals surface area contributed by atoms with Gasteiger partial charge in [0, 0.05) is 5.92 Å². The number of fused-ring (bicyclic) bond motifs is 2. The van der Waals surface area contributed by atoms with Crippen LogP contribution in [0.3, 0.4) is 0 Å². The second-order valence-corrected chi connectivity index (χ2v) is 28.3. The molecule has 2 aromatic rings. The Morgan fingerprint density at radius 3 is 2.11 bits per heavy atom. The summed E-state index contributed by atoms with van der Waals surface area (Å²) in [5, 5.41) is 2.90. The molecular weight excluding hydrogens is 634 g/mol. The third-order valence-corrected chi connectivity index (χ3v) is 20.0. The van der Waals surface area contributed by atoms with Crippen LogP contribution < -0.4 is 5.32 Å². The first-order valence-corrected chi connectivity index (χ1v) is 23.6. The molecule has 2 aliphatic heterocycles. The summed E-state index contributed by atoms with van der Waals surface area (Å²) in [7, 11) is -7.82. The fraction of sp³-hybridized carbons (Fsp3) is 0.793. The Morgan fingerprint density at radius 1 is 1.00 bits per heavy atom.